The molecule has 0 fully saturated rings. The second-order valence-corrected chi connectivity index (χ2v) is 6.09. The Labute approximate surface area is 136 Å². The molecule has 1 aromatic carbocycles. The third-order valence-electron chi connectivity index (χ3n) is 4.09. The van der Waals surface area contributed by atoms with Gasteiger partial charge in [-0.05, 0) is 49.1 Å². The van der Waals surface area contributed by atoms with Crippen LogP contribution in [0.2, 0.25) is 5.02 Å². The molecule has 1 aromatic heterocycles. The maximum absolute atomic E-state index is 5.94. The molecule has 0 aliphatic carbocycles. The van der Waals surface area contributed by atoms with Gasteiger partial charge in [0.1, 0.15) is 12.7 Å². The van der Waals surface area contributed by atoms with Crippen LogP contribution in [0.1, 0.15) is 24.8 Å². The van der Waals surface area contributed by atoms with E-state index in [4.69, 9.17) is 11.6 Å². The molecule has 1 aliphatic heterocycles. The van der Waals surface area contributed by atoms with Crippen LogP contribution in [-0.4, -0.2) is 39.3 Å². The van der Waals surface area contributed by atoms with Crippen LogP contribution in [0.5, 0.6) is 0 Å². The Kier molecular flexibility index (Phi) is 5.24. The lowest BCUT2D eigenvalue weighted by Crippen LogP contribution is -2.29. The van der Waals surface area contributed by atoms with Crippen molar-refractivity contribution in [3.8, 4) is 0 Å². The van der Waals surface area contributed by atoms with Crippen molar-refractivity contribution in [1.29, 1.82) is 0 Å². The van der Waals surface area contributed by atoms with Gasteiger partial charge < -0.3 is 0 Å². The first kappa shape index (κ1) is 15.3. The first-order chi connectivity index (χ1) is 10.8. The summed E-state index contributed by atoms with van der Waals surface area (Å²) >= 11 is 5.94. The fourth-order valence-corrected chi connectivity index (χ4v) is 2.92. The summed E-state index contributed by atoms with van der Waals surface area (Å²) in [6.07, 6.45) is 9.18. The topological polar surface area (TPSA) is 34.0 Å². The molecule has 0 bridgehead atoms. The molecule has 0 radical (unpaired) electrons. The lowest BCUT2D eigenvalue weighted by atomic mass is 9.99. The second kappa shape index (κ2) is 7.56. The van der Waals surface area contributed by atoms with E-state index in [0.717, 1.165) is 44.0 Å². The number of hydrogen-bond donors (Lipinski definition) is 0. The van der Waals surface area contributed by atoms with Crippen LogP contribution in [0, 0.1) is 0 Å². The third-order valence-corrected chi connectivity index (χ3v) is 4.34. The summed E-state index contributed by atoms with van der Waals surface area (Å²) in [6, 6.07) is 8.16. The highest BCUT2D eigenvalue weighted by molar-refractivity contribution is 6.30. The van der Waals surface area contributed by atoms with Gasteiger partial charge in [-0.2, -0.15) is 5.10 Å². The smallest absolute Gasteiger partial charge is 0.137 e. The predicted molar refractivity (Wildman–Crippen MR) is 89.7 cm³/mol. The van der Waals surface area contributed by atoms with E-state index in [0.29, 0.717) is 0 Å². The van der Waals surface area contributed by atoms with Gasteiger partial charge in [0.25, 0.3) is 0 Å². The van der Waals surface area contributed by atoms with Crippen molar-refractivity contribution < 1.29 is 0 Å². The van der Waals surface area contributed by atoms with E-state index in [9.17, 15) is 0 Å². The van der Waals surface area contributed by atoms with E-state index in [-0.39, 0.29) is 0 Å². The van der Waals surface area contributed by atoms with Gasteiger partial charge in [0.2, 0.25) is 0 Å². The minimum absolute atomic E-state index is 0.800. The number of benzene rings is 1. The molecule has 0 atom stereocenters. The van der Waals surface area contributed by atoms with Crippen LogP contribution in [0.4, 0.5) is 0 Å². The molecular weight excluding hydrogens is 296 g/mol. The number of aromatic nitrogens is 3. The van der Waals surface area contributed by atoms with Gasteiger partial charge in [-0.25, -0.2) is 4.98 Å². The number of nitrogens with zero attached hydrogens (tertiary/aromatic N) is 4. The molecule has 0 saturated carbocycles. The van der Waals surface area contributed by atoms with Crippen molar-refractivity contribution >= 4 is 17.2 Å². The van der Waals surface area contributed by atoms with Crippen LogP contribution < -0.4 is 0 Å². The average Bonchev–Trinajstić information content (AvgIpc) is 3.06. The van der Waals surface area contributed by atoms with Gasteiger partial charge in [0.05, 0.1) is 0 Å². The molecule has 2 aromatic rings. The van der Waals surface area contributed by atoms with Crippen molar-refractivity contribution in [2.24, 2.45) is 0 Å². The Bertz CT molecular complexity index is 604. The summed E-state index contributed by atoms with van der Waals surface area (Å²) in [6.45, 7) is 4.29. The number of unbranched alkanes of at least 4 members (excludes halogenated alkanes) is 1. The van der Waals surface area contributed by atoms with Crippen LogP contribution in [0.15, 0.2) is 43.0 Å². The molecule has 3 rings (SSSR count). The van der Waals surface area contributed by atoms with Crippen molar-refractivity contribution in [2.45, 2.75) is 25.8 Å². The molecule has 116 valence electrons. The minimum Gasteiger partial charge on any atom is -0.299 e. The SMILES string of the molecule is Clc1ccc(C2=CCN(CCCCn3cncn3)CC2)cc1. The zero-order chi connectivity index (χ0) is 15.2. The van der Waals surface area contributed by atoms with Crippen molar-refractivity contribution in [3.63, 3.8) is 0 Å². The van der Waals surface area contributed by atoms with E-state index < -0.39 is 0 Å². The fraction of sp³-hybridized carbons (Fsp3) is 0.412. The molecule has 0 N–H and O–H groups in total. The fourth-order valence-electron chi connectivity index (χ4n) is 2.80. The van der Waals surface area contributed by atoms with Gasteiger partial charge in [0, 0.05) is 24.7 Å². The summed E-state index contributed by atoms with van der Waals surface area (Å²) in [5.74, 6) is 0. The Morgan fingerprint density at radius 1 is 1.09 bits per heavy atom. The van der Waals surface area contributed by atoms with Gasteiger partial charge in [-0.15, -0.1) is 0 Å². The third kappa shape index (κ3) is 4.18. The van der Waals surface area contributed by atoms with E-state index in [1.54, 1.807) is 12.7 Å². The Morgan fingerprint density at radius 3 is 2.59 bits per heavy atom. The van der Waals surface area contributed by atoms with Crippen molar-refractivity contribution in [3.05, 3.63) is 53.6 Å². The second-order valence-electron chi connectivity index (χ2n) is 5.65. The minimum atomic E-state index is 0.800. The average molecular weight is 317 g/mol. The molecule has 0 spiro atoms. The van der Waals surface area contributed by atoms with Crippen LogP contribution in [-0.2, 0) is 6.54 Å². The van der Waals surface area contributed by atoms with Gasteiger partial charge >= 0.3 is 0 Å². The van der Waals surface area contributed by atoms with Gasteiger partial charge in [-0.3, -0.25) is 9.58 Å². The van der Waals surface area contributed by atoms with E-state index in [1.807, 2.05) is 16.8 Å². The molecule has 22 heavy (non-hydrogen) atoms. The molecule has 1 aliphatic rings. The summed E-state index contributed by atoms with van der Waals surface area (Å²) < 4.78 is 1.90. The predicted octanol–water partition coefficient (Wildman–Crippen LogP) is 3.50. The van der Waals surface area contributed by atoms with Crippen LogP contribution in [0.3, 0.4) is 0 Å². The molecule has 0 saturated heterocycles. The maximum Gasteiger partial charge on any atom is 0.137 e. The highest BCUT2D eigenvalue weighted by Crippen LogP contribution is 2.23. The van der Waals surface area contributed by atoms with E-state index >= 15 is 0 Å². The van der Waals surface area contributed by atoms with Crippen LogP contribution in [0.25, 0.3) is 5.57 Å². The monoisotopic (exact) mass is 316 g/mol. The van der Waals surface area contributed by atoms with Gasteiger partial charge in [-0.1, -0.05) is 29.8 Å². The summed E-state index contributed by atoms with van der Waals surface area (Å²) in [7, 11) is 0. The Hall–Kier alpha value is -1.65. The lowest BCUT2D eigenvalue weighted by Gasteiger charge is -2.26. The molecular formula is C17H21ClN4. The number of rotatable bonds is 6. The van der Waals surface area contributed by atoms with E-state index in [2.05, 4.69) is 33.2 Å². The standard InChI is InChI=1S/C17H21ClN4/c18-17-5-3-15(4-6-17)16-7-11-21(12-8-16)9-1-2-10-22-14-19-13-20-22/h3-7,13-14H,1-2,8-12H2. The summed E-state index contributed by atoms with van der Waals surface area (Å²) in [4.78, 5) is 6.47. The number of halogens is 1. The highest BCUT2D eigenvalue weighted by Gasteiger charge is 2.12. The normalized spacial score (nSPS) is 15.8. The number of aryl methyl sites for hydroxylation is 1. The zero-order valence-corrected chi connectivity index (χ0v) is 13.4. The lowest BCUT2D eigenvalue weighted by molar-refractivity contribution is 0.291. The first-order valence-electron chi connectivity index (χ1n) is 7.81. The summed E-state index contributed by atoms with van der Waals surface area (Å²) in [5.41, 5.74) is 2.74. The van der Waals surface area contributed by atoms with Crippen LogP contribution >= 0.6 is 11.6 Å². The van der Waals surface area contributed by atoms with Crippen molar-refractivity contribution in [1.82, 2.24) is 19.7 Å². The maximum atomic E-state index is 5.94. The highest BCUT2D eigenvalue weighted by atomic mass is 35.5. The summed E-state index contributed by atoms with van der Waals surface area (Å²) in [5, 5.41) is 4.92. The molecule has 0 amide bonds. The Morgan fingerprint density at radius 2 is 1.91 bits per heavy atom. The van der Waals surface area contributed by atoms with E-state index in [1.165, 1.54) is 17.6 Å². The largest absolute Gasteiger partial charge is 0.299 e. The number of hydrogen-bond acceptors (Lipinski definition) is 3. The first-order valence-corrected chi connectivity index (χ1v) is 8.19. The molecule has 5 heteroatoms. The zero-order valence-electron chi connectivity index (χ0n) is 12.7. The quantitative estimate of drug-likeness (QED) is 0.765. The molecule has 4 nitrogen and oxygen atoms in total. The molecule has 2 heterocycles. The molecule has 0 unspecified atom stereocenters. The Balaban J connectivity index is 1.42. The van der Waals surface area contributed by atoms with Gasteiger partial charge in [0.15, 0.2) is 0 Å². The van der Waals surface area contributed by atoms with Crippen molar-refractivity contribution in [2.75, 3.05) is 19.6 Å².